The number of hydrogen-bond acceptors (Lipinski definition) is 6. The summed E-state index contributed by atoms with van der Waals surface area (Å²) in [7, 11) is -3.63. The average molecular weight is 317 g/mol. The van der Waals surface area contributed by atoms with Gasteiger partial charge < -0.3 is 5.32 Å². The predicted octanol–water partition coefficient (Wildman–Crippen LogP) is 0.824. The molecule has 3 N–H and O–H groups in total. The lowest BCUT2D eigenvalue weighted by Crippen LogP contribution is -2.24. The lowest BCUT2D eigenvalue weighted by molar-refractivity contribution is 0.0958. The van der Waals surface area contributed by atoms with E-state index in [9.17, 15) is 13.2 Å². The van der Waals surface area contributed by atoms with Crippen molar-refractivity contribution in [2.24, 2.45) is 5.14 Å². The van der Waals surface area contributed by atoms with E-state index in [1.807, 2.05) is 0 Å². The molecule has 0 saturated carbocycles. The number of nitrogens with one attached hydrogen (secondary N) is 1. The van der Waals surface area contributed by atoms with E-state index in [-0.39, 0.29) is 10.1 Å². The molecule has 102 valence electrons. The second-order valence-electron chi connectivity index (χ2n) is 3.64. The molecule has 0 bridgehead atoms. The normalized spacial score (nSPS) is 11.4. The van der Waals surface area contributed by atoms with Crippen LogP contribution < -0.4 is 10.5 Å². The van der Waals surface area contributed by atoms with Crippen molar-refractivity contribution in [3.05, 3.63) is 33.6 Å². The predicted molar refractivity (Wildman–Crippen MR) is 73.8 cm³/mol. The summed E-state index contributed by atoms with van der Waals surface area (Å²) in [4.78, 5) is 16.8. The Kier molecular flexibility index (Phi) is 4.30. The summed E-state index contributed by atoms with van der Waals surface area (Å²) >= 11 is 2.38. The first-order chi connectivity index (χ1) is 8.97. The monoisotopic (exact) mass is 317 g/mol. The minimum atomic E-state index is -3.63. The SMILES string of the molecule is NS(=O)(=O)c1ccc(CCNC(=O)c2cncs2)s1. The highest BCUT2D eigenvalue weighted by atomic mass is 32.2. The third kappa shape index (κ3) is 3.83. The van der Waals surface area contributed by atoms with Gasteiger partial charge in [0.1, 0.15) is 9.09 Å². The van der Waals surface area contributed by atoms with E-state index in [0.29, 0.717) is 17.8 Å². The second kappa shape index (κ2) is 5.78. The maximum atomic E-state index is 11.6. The molecule has 0 unspecified atom stereocenters. The zero-order valence-electron chi connectivity index (χ0n) is 9.70. The van der Waals surface area contributed by atoms with Crippen LogP contribution in [0.25, 0.3) is 0 Å². The Morgan fingerprint density at radius 2 is 2.21 bits per heavy atom. The van der Waals surface area contributed by atoms with Gasteiger partial charge in [0.25, 0.3) is 5.91 Å². The van der Waals surface area contributed by atoms with Crippen molar-refractivity contribution in [3.63, 3.8) is 0 Å². The van der Waals surface area contributed by atoms with Crippen LogP contribution in [0.5, 0.6) is 0 Å². The van der Waals surface area contributed by atoms with Crippen molar-refractivity contribution in [1.82, 2.24) is 10.3 Å². The molecule has 0 fully saturated rings. The molecule has 2 heterocycles. The van der Waals surface area contributed by atoms with Crippen LogP contribution in [0.15, 0.2) is 28.0 Å². The number of primary sulfonamides is 1. The lowest BCUT2D eigenvalue weighted by Gasteiger charge is -2.01. The maximum Gasteiger partial charge on any atom is 0.263 e. The number of nitrogens with two attached hydrogens (primary N) is 1. The number of rotatable bonds is 5. The summed E-state index contributed by atoms with van der Waals surface area (Å²) in [6, 6.07) is 3.17. The lowest BCUT2D eigenvalue weighted by atomic mass is 10.3. The number of hydrogen-bond donors (Lipinski definition) is 2. The maximum absolute atomic E-state index is 11.6. The van der Waals surface area contributed by atoms with Gasteiger partial charge >= 0.3 is 0 Å². The van der Waals surface area contributed by atoms with Crippen LogP contribution in [0.1, 0.15) is 14.5 Å². The van der Waals surface area contributed by atoms with Crippen molar-refractivity contribution in [1.29, 1.82) is 0 Å². The molecule has 0 atom stereocenters. The van der Waals surface area contributed by atoms with Gasteiger partial charge in [-0.3, -0.25) is 9.78 Å². The van der Waals surface area contributed by atoms with Crippen molar-refractivity contribution in [3.8, 4) is 0 Å². The fourth-order valence-electron chi connectivity index (χ4n) is 1.36. The summed E-state index contributed by atoms with van der Waals surface area (Å²) in [5.74, 6) is -0.175. The van der Waals surface area contributed by atoms with E-state index in [4.69, 9.17) is 5.14 Å². The molecule has 0 aromatic carbocycles. The summed E-state index contributed by atoms with van der Waals surface area (Å²) in [5, 5.41) is 7.76. The molecule has 0 aliphatic rings. The summed E-state index contributed by atoms with van der Waals surface area (Å²) in [6.45, 7) is 0.432. The van der Waals surface area contributed by atoms with Crippen LogP contribution in [0.2, 0.25) is 0 Å². The Morgan fingerprint density at radius 3 is 2.79 bits per heavy atom. The van der Waals surface area contributed by atoms with Crippen molar-refractivity contribution < 1.29 is 13.2 Å². The summed E-state index contributed by atoms with van der Waals surface area (Å²) < 4.78 is 22.3. The molecule has 2 aromatic rings. The van der Waals surface area contributed by atoms with E-state index < -0.39 is 10.0 Å². The highest BCUT2D eigenvalue weighted by Crippen LogP contribution is 2.20. The number of carbonyl (C=O) groups excluding carboxylic acids is 1. The minimum Gasteiger partial charge on any atom is -0.351 e. The molecule has 0 spiro atoms. The Balaban J connectivity index is 1.86. The zero-order valence-corrected chi connectivity index (χ0v) is 12.1. The van der Waals surface area contributed by atoms with Crippen molar-refractivity contribution in [2.75, 3.05) is 6.54 Å². The van der Waals surface area contributed by atoms with Crippen molar-refractivity contribution >= 4 is 38.6 Å². The third-order valence-corrected chi connectivity index (χ3v) is 5.59. The van der Waals surface area contributed by atoms with Gasteiger partial charge in [-0.1, -0.05) is 0 Å². The molecule has 0 saturated heterocycles. The number of aromatic nitrogens is 1. The molecule has 9 heteroatoms. The van der Waals surface area contributed by atoms with Gasteiger partial charge in [-0.2, -0.15) is 0 Å². The Morgan fingerprint density at radius 1 is 1.42 bits per heavy atom. The molecular formula is C10H11N3O3S3. The fourth-order valence-corrected chi connectivity index (χ4v) is 3.67. The van der Waals surface area contributed by atoms with Gasteiger partial charge in [-0.15, -0.1) is 22.7 Å². The molecule has 19 heavy (non-hydrogen) atoms. The van der Waals surface area contributed by atoms with E-state index in [0.717, 1.165) is 16.2 Å². The average Bonchev–Trinajstić information content (AvgIpc) is 2.99. The van der Waals surface area contributed by atoms with Gasteiger partial charge in [-0.25, -0.2) is 13.6 Å². The molecule has 2 aromatic heterocycles. The molecule has 0 radical (unpaired) electrons. The van der Waals surface area contributed by atoms with Gasteiger partial charge in [0, 0.05) is 11.4 Å². The smallest absolute Gasteiger partial charge is 0.263 e. The first kappa shape index (κ1) is 14.1. The second-order valence-corrected chi connectivity index (χ2v) is 7.48. The summed E-state index contributed by atoms with van der Waals surface area (Å²) in [6.07, 6.45) is 2.06. The number of amides is 1. The standard InChI is InChI=1S/C10H11N3O3S3/c11-19(15,16)9-2-1-7(18-9)3-4-13-10(14)8-5-12-6-17-8/h1-2,5-6H,3-4H2,(H,13,14)(H2,11,15,16). The third-order valence-electron chi connectivity index (χ3n) is 2.23. The molecule has 0 aliphatic heterocycles. The molecule has 6 nitrogen and oxygen atoms in total. The first-order valence-corrected chi connectivity index (χ1v) is 8.49. The van der Waals surface area contributed by atoms with Crippen LogP contribution in [0, 0.1) is 0 Å². The van der Waals surface area contributed by atoms with E-state index in [2.05, 4.69) is 10.3 Å². The topological polar surface area (TPSA) is 102 Å². The van der Waals surface area contributed by atoms with E-state index >= 15 is 0 Å². The Labute approximate surface area is 118 Å². The number of thiazole rings is 1. The Hall–Kier alpha value is -1.29. The van der Waals surface area contributed by atoms with Gasteiger partial charge in [0.2, 0.25) is 10.0 Å². The molecule has 0 aliphatic carbocycles. The number of thiophene rings is 1. The quantitative estimate of drug-likeness (QED) is 0.852. The van der Waals surface area contributed by atoms with Crippen LogP contribution in [0.4, 0.5) is 0 Å². The van der Waals surface area contributed by atoms with Crippen LogP contribution in [-0.4, -0.2) is 25.9 Å². The highest BCUT2D eigenvalue weighted by molar-refractivity contribution is 7.91. The van der Waals surface area contributed by atoms with E-state index in [1.165, 1.54) is 23.6 Å². The highest BCUT2D eigenvalue weighted by Gasteiger charge is 2.11. The van der Waals surface area contributed by atoms with Crippen LogP contribution in [0.3, 0.4) is 0 Å². The largest absolute Gasteiger partial charge is 0.351 e. The number of carbonyl (C=O) groups is 1. The first-order valence-electron chi connectivity index (χ1n) is 5.25. The molecular weight excluding hydrogens is 306 g/mol. The van der Waals surface area contributed by atoms with E-state index in [1.54, 1.807) is 11.6 Å². The van der Waals surface area contributed by atoms with Crippen LogP contribution >= 0.6 is 22.7 Å². The van der Waals surface area contributed by atoms with Crippen LogP contribution in [-0.2, 0) is 16.4 Å². The van der Waals surface area contributed by atoms with Gasteiger partial charge in [0.05, 0.1) is 11.7 Å². The number of nitrogens with zero attached hydrogens (tertiary/aromatic N) is 1. The Bertz CT molecular complexity index is 661. The summed E-state index contributed by atoms with van der Waals surface area (Å²) in [5.41, 5.74) is 1.59. The zero-order chi connectivity index (χ0) is 13.9. The van der Waals surface area contributed by atoms with Crippen molar-refractivity contribution in [2.45, 2.75) is 10.6 Å². The van der Waals surface area contributed by atoms with Gasteiger partial charge in [-0.05, 0) is 18.6 Å². The molecule has 1 amide bonds. The number of sulfonamides is 1. The molecule has 2 rings (SSSR count). The minimum absolute atomic E-state index is 0.135. The fraction of sp³-hybridized carbons (Fsp3) is 0.200. The van der Waals surface area contributed by atoms with Gasteiger partial charge in [0.15, 0.2) is 0 Å².